The minimum Gasteiger partial charge on any atom is -0.480 e. The van der Waals surface area contributed by atoms with E-state index in [-0.39, 0.29) is 52.0 Å². The van der Waals surface area contributed by atoms with Crippen LogP contribution in [-0.2, 0) is 24.0 Å². The Bertz CT molecular complexity index is 1330. The van der Waals surface area contributed by atoms with Gasteiger partial charge in [0.25, 0.3) is 0 Å². The van der Waals surface area contributed by atoms with E-state index in [1.807, 2.05) is 27.7 Å². The maximum absolute atomic E-state index is 14.9. The van der Waals surface area contributed by atoms with E-state index in [0.29, 0.717) is 25.8 Å². The third-order valence-corrected chi connectivity index (χ3v) is 14.2. The normalized spacial score (nSPS) is 29.2. The Kier molecular flexibility index (Phi) is 11.6. The molecule has 0 radical (unpaired) electrons. The van der Waals surface area contributed by atoms with Crippen molar-refractivity contribution in [2.24, 2.45) is 27.6 Å². The summed E-state index contributed by atoms with van der Waals surface area (Å²) >= 11 is 0. The van der Waals surface area contributed by atoms with E-state index >= 15 is 0 Å². The second-order valence-corrected chi connectivity index (χ2v) is 18.6. The van der Waals surface area contributed by atoms with Crippen LogP contribution >= 0.6 is 0 Å². The fourth-order valence-electron chi connectivity index (χ4n) is 10.9. The standard InChI is InChI=1S/C40H67N5O6/c1-9-16-27(36(50)51)41-33(47)29-23-40(38(7,8)39(40)20-15-21-39)24-45(29)35(49)31(37(4,5)6)43-34(48)30(26-17-11-10-12-18-26)42-32(46)28-19-13-14-22-44(28)25(2)3/h25-31H,9-24H2,1-8H3,(H,41,47)(H,42,46)(H,43,48)(H,50,51)/t27-,28-,29+,30+,31+,40?/m1/s1. The van der Waals surface area contributed by atoms with Gasteiger partial charge in [-0.05, 0) is 93.9 Å². The monoisotopic (exact) mass is 714 g/mol. The summed E-state index contributed by atoms with van der Waals surface area (Å²) in [6.45, 7) is 17.6. The average Bonchev–Trinajstić information content (AvgIpc) is 3.27. The molecule has 4 N–H and O–H groups in total. The van der Waals surface area contributed by atoms with Crippen LogP contribution in [0.5, 0.6) is 0 Å². The zero-order valence-corrected chi connectivity index (χ0v) is 32.7. The van der Waals surface area contributed by atoms with Crippen LogP contribution in [0.15, 0.2) is 0 Å². The van der Waals surface area contributed by atoms with Gasteiger partial charge in [0.05, 0.1) is 6.04 Å². The van der Waals surface area contributed by atoms with Crippen molar-refractivity contribution in [3.63, 3.8) is 0 Å². The van der Waals surface area contributed by atoms with Crippen molar-refractivity contribution in [2.45, 2.75) is 182 Å². The molecule has 5 rings (SSSR count). The smallest absolute Gasteiger partial charge is 0.326 e. The number of piperidine rings is 1. The molecule has 2 heterocycles. The molecule has 3 saturated carbocycles. The quantitative estimate of drug-likeness (QED) is 0.222. The predicted octanol–water partition coefficient (Wildman–Crippen LogP) is 5.01. The van der Waals surface area contributed by atoms with Crippen molar-refractivity contribution in [3.05, 3.63) is 0 Å². The number of rotatable bonds is 12. The molecule has 2 saturated heterocycles. The summed E-state index contributed by atoms with van der Waals surface area (Å²) in [6, 6.07) is -3.66. The first kappa shape index (κ1) is 39.5. The van der Waals surface area contributed by atoms with Gasteiger partial charge in [0, 0.05) is 18.0 Å². The summed E-state index contributed by atoms with van der Waals surface area (Å²) < 4.78 is 0. The molecule has 1 unspecified atom stereocenters. The molecule has 0 bridgehead atoms. The number of carboxylic acid groups (broad SMARTS) is 1. The minimum atomic E-state index is -1.08. The molecule has 2 spiro atoms. The van der Waals surface area contributed by atoms with E-state index in [0.717, 1.165) is 77.2 Å². The van der Waals surface area contributed by atoms with E-state index in [1.165, 1.54) is 0 Å². The van der Waals surface area contributed by atoms with Gasteiger partial charge >= 0.3 is 5.97 Å². The Balaban J connectivity index is 1.42. The van der Waals surface area contributed by atoms with E-state index < -0.39 is 41.5 Å². The third-order valence-electron chi connectivity index (χ3n) is 14.2. The van der Waals surface area contributed by atoms with Gasteiger partial charge in [-0.1, -0.05) is 80.1 Å². The van der Waals surface area contributed by atoms with Crippen LogP contribution in [0.4, 0.5) is 0 Å². The number of aliphatic carboxylic acids is 1. The van der Waals surface area contributed by atoms with Crippen LogP contribution < -0.4 is 16.0 Å². The molecule has 3 aliphatic carbocycles. The van der Waals surface area contributed by atoms with Gasteiger partial charge < -0.3 is 26.0 Å². The highest BCUT2D eigenvalue weighted by Crippen LogP contribution is 2.88. The highest BCUT2D eigenvalue weighted by molar-refractivity contribution is 5.96. The predicted molar refractivity (Wildman–Crippen MR) is 196 cm³/mol. The lowest BCUT2D eigenvalue weighted by Gasteiger charge is -2.40. The fourth-order valence-corrected chi connectivity index (χ4v) is 10.9. The SMILES string of the molecule is CCC[C@@H](NC(=O)[C@@H]1CC2(CN1C(=O)[C@H](NC(=O)[C@@H](NC(=O)[C@H]1CCCCN1C(C)C)C1CCCCC1)C(C)(C)C)C(C)(C)C21CCC1)C(=O)O. The number of carboxylic acids is 1. The van der Waals surface area contributed by atoms with Gasteiger partial charge in [-0.3, -0.25) is 24.1 Å². The molecule has 4 amide bonds. The molecule has 51 heavy (non-hydrogen) atoms. The zero-order chi connectivity index (χ0) is 37.5. The molecule has 288 valence electrons. The highest BCUT2D eigenvalue weighted by Gasteiger charge is 2.85. The van der Waals surface area contributed by atoms with Crippen molar-refractivity contribution in [3.8, 4) is 0 Å². The zero-order valence-electron chi connectivity index (χ0n) is 32.7. The molecule has 11 heteroatoms. The number of likely N-dealkylation sites (tertiary alicyclic amines) is 2. The minimum absolute atomic E-state index is 0.0275. The summed E-state index contributed by atoms with van der Waals surface area (Å²) in [5.74, 6) is -2.33. The van der Waals surface area contributed by atoms with E-state index in [9.17, 15) is 29.1 Å². The van der Waals surface area contributed by atoms with E-state index in [1.54, 1.807) is 4.90 Å². The van der Waals surface area contributed by atoms with Crippen LogP contribution in [0.1, 0.15) is 145 Å². The van der Waals surface area contributed by atoms with Gasteiger partial charge in [-0.2, -0.15) is 0 Å². The maximum Gasteiger partial charge on any atom is 0.326 e. The summed E-state index contributed by atoms with van der Waals surface area (Å²) in [5.41, 5.74) is -0.960. The van der Waals surface area contributed by atoms with Gasteiger partial charge in [-0.15, -0.1) is 0 Å². The molecule has 6 atom stereocenters. The van der Waals surface area contributed by atoms with Crippen LogP contribution in [0.3, 0.4) is 0 Å². The second-order valence-electron chi connectivity index (χ2n) is 18.6. The Morgan fingerprint density at radius 2 is 1.45 bits per heavy atom. The molecule has 0 aromatic heterocycles. The van der Waals surface area contributed by atoms with Gasteiger partial charge in [-0.25, -0.2) is 4.79 Å². The number of hydrogen-bond acceptors (Lipinski definition) is 6. The number of carbonyl (C=O) groups is 5. The third kappa shape index (κ3) is 7.18. The van der Waals surface area contributed by atoms with Crippen molar-refractivity contribution >= 4 is 29.6 Å². The molecule has 5 aliphatic rings. The number of nitrogens with one attached hydrogen (secondary N) is 3. The molecule has 11 nitrogen and oxygen atoms in total. The summed E-state index contributed by atoms with van der Waals surface area (Å²) in [6.07, 6.45) is 12.1. The van der Waals surface area contributed by atoms with Crippen LogP contribution in [0.25, 0.3) is 0 Å². The number of nitrogens with zero attached hydrogens (tertiary/aromatic N) is 2. The lowest BCUT2D eigenvalue weighted by molar-refractivity contribution is -0.146. The lowest BCUT2D eigenvalue weighted by atomic mass is 9.73. The van der Waals surface area contributed by atoms with Gasteiger partial charge in [0.1, 0.15) is 24.2 Å². The number of carbonyl (C=O) groups excluding carboxylic acids is 4. The number of hydrogen-bond donors (Lipinski definition) is 4. The average molecular weight is 714 g/mol. The van der Waals surface area contributed by atoms with Crippen molar-refractivity contribution in [1.29, 1.82) is 0 Å². The second kappa shape index (κ2) is 15.0. The van der Waals surface area contributed by atoms with Crippen LogP contribution in [0.2, 0.25) is 0 Å². The largest absolute Gasteiger partial charge is 0.480 e. The first-order chi connectivity index (χ1) is 23.9. The highest BCUT2D eigenvalue weighted by atomic mass is 16.4. The molecular weight excluding hydrogens is 646 g/mol. The first-order valence-electron chi connectivity index (χ1n) is 20.1. The van der Waals surface area contributed by atoms with Gasteiger partial charge in [0.15, 0.2) is 0 Å². The first-order valence-corrected chi connectivity index (χ1v) is 20.1. The number of fused-ring (bicyclic) bond motifs is 1. The van der Waals surface area contributed by atoms with Crippen molar-refractivity contribution in [2.75, 3.05) is 13.1 Å². The molecule has 5 fully saturated rings. The van der Waals surface area contributed by atoms with Crippen LogP contribution in [0, 0.1) is 27.6 Å². The summed E-state index contributed by atoms with van der Waals surface area (Å²) in [5, 5.41) is 19.0. The van der Waals surface area contributed by atoms with E-state index in [4.69, 9.17) is 0 Å². The van der Waals surface area contributed by atoms with Crippen molar-refractivity contribution in [1.82, 2.24) is 25.8 Å². The summed E-state index contributed by atoms with van der Waals surface area (Å²) in [7, 11) is 0. The Morgan fingerprint density at radius 1 is 0.824 bits per heavy atom. The lowest BCUT2D eigenvalue weighted by Crippen LogP contribution is -2.63. The van der Waals surface area contributed by atoms with Gasteiger partial charge in [0.2, 0.25) is 23.6 Å². The molecular formula is C40H67N5O6. The van der Waals surface area contributed by atoms with Crippen LogP contribution in [-0.4, -0.2) is 93.8 Å². The Labute approximate surface area is 306 Å². The Hall–Kier alpha value is -2.69. The molecule has 0 aromatic carbocycles. The maximum atomic E-state index is 14.9. The topological polar surface area (TPSA) is 148 Å². The fraction of sp³-hybridized carbons (Fsp3) is 0.875. The molecule has 0 aromatic rings. The molecule has 2 aliphatic heterocycles. The van der Waals surface area contributed by atoms with E-state index in [2.05, 4.69) is 48.5 Å². The van der Waals surface area contributed by atoms with Crippen molar-refractivity contribution < 1.29 is 29.1 Å². The number of amides is 4. The Morgan fingerprint density at radius 3 is 1.98 bits per heavy atom. The summed E-state index contributed by atoms with van der Waals surface area (Å²) in [4.78, 5) is 73.4.